The molecule has 1 aliphatic rings. The van der Waals surface area contributed by atoms with Gasteiger partial charge in [0, 0.05) is 34.4 Å². The fraction of sp³-hybridized carbons (Fsp3) is 0.600. The molecule has 0 aliphatic carbocycles. The summed E-state index contributed by atoms with van der Waals surface area (Å²) < 4.78 is 0. The monoisotopic (exact) mass is 262 g/mol. The summed E-state index contributed by atoms with van der Waals surface area (Å²) in [5.41, 5.74) is 6.50. The highest BCUT2D eigenvalue weighted by Crippen LogP contribution is 2.29. The molecular weight excluding hydrogens is 240 g/mol. The molecule has 0 bridgehead atoms. The Morgan fingerprint density at radius 1 is 1.50 bits per heavy atom. The minimum atomic E-state index is 0.437. The molecule has 2 rings (SSSR count). The normalized spacial score (nSPS) is 23.9. The number of hydrogen-bond donors (Lipinski definition) is 1. The molecule has 1 aliphatic heterocycles. The van der Waals surface area contributed by atoms with E-state index < -0.39 is 0 Å². The van der Waals surface area contributed by atoms with Gasteiger partial charge in [-0.25, -0.2) is 0 Å². The maximum absolute atomic E-state index is 5.39. The van der Waals surface area contributed by atoms with E-state index in [4.69, 9.17) is 5.73 Å². The molecule has 0 saturated carbocycles. The largest absolute Gasteiger partial charge is 0.320 e. The lowest BCUT2D eigenvalue weighted by Crippen LogP contribution is -2.33. The van der Waals surface area contributed by atoms with Crippen LogP contribution >= 0.6 is 11.3 Å². The number of nitrogens with zero attached hydrogens (tertiary/aromatic N) is 1. The molecule has 1 aromatic heterocycles. The van der Waals surface area contributed by atoms with E-state index in [-0.39, 0.29) is 0 Å². The Bertz CT molecular complexity index is 441. The first kappa shape index (κ1) is 13.6. The van der Waals surface area contributed by atoms with E-state index in [0.717, 1.165) is 24.2 Å². The van der Waals surface area contributed by atoms with Crippen molar-refractivity contribution in [3.8, 4) is 11.8 Å². The summed E-state index contributed by atoms with van der Waals surface area (Å²) in [6.07, 6.45) is 3.95. The van der Waals surface area contributed by atoms with Crippen LogP contribution in [0.3, 0.4) is 0 Å². The molecule has 18 heavy (non-hydrogen) atoms. The number of nitrogens with two attached hydrogens (primary N) is 1. The molecule has 98 valence electrons. The highest BCUT2D eigenvalue weighted by atomic mass is 32.1. The second-order valence-corrected chi connectivity index (χ2v) is 5.96. The van der Waals surface area contributed by atoms with Crippen molar-refractivity contribution in [2.75, 3.05) is 6.54 Å². The highest BCUT2D eigenvalue weighted by molar-refractivity contribution is 7.10. The summed E-state index contributed by atoms with van der Waals surface area (Å²) in [4.78, 5) is 4.06. The maximum Gasteiger partial charge on any atom is 0.0555 e. The zero-order valence-corrected chi connectivity index (χ0v) is 12.1. The summed E-state index contributed by atoms with van der Waals surface area (Å²) in [5, 5.41) is 2.14. The van der Waals surface area contributed by atoms with Gasteiger partial charge in [0.2, 0.25) is 0 Å². The van der Waals surface area contributed by atoms with Gasteiger partial charge in [0.1, 0.15) is 0 Å². The molecule has 1 aromatic rings. The quantitative estimate of drug-likeness (QED) is 0.849. The third-order valence-corrected chi connectivity index (χ3v) is 4.67. The fourth-order valence-corrected chi connectivity index (χ4v) is 3.53. The number of likely N-dealkylation sites (tertiary alicyclic amines) is 1. The Hall–Kier alpha value is -0.820. The van der Waals surface area contributed by atoms with Crippen LogP contribution in [-0.2, 0) is 6.54 Å². The van der Waals surface area contributed by atoms with E-state index in [2.05, 4.69) is 42.0 Å². The topological polar surface area (TPSA) is 29.3 Å². The number of rotatable bonds is 3. The average molecular weight is 262 g/mol. The predicted molar refractivity (Wildman–Crippen MR) is 78.6 cm³/mol. The lowest BCUT2D eigenvalue weighted by atomic mass is 10.1. The molecule has 0 aromatic carbocycles. The Kier molecular flexibility index (Phi) is 4.82. The van der Waals surface area contributed by atoms with Gasteiger partial charge in [0.25, 0.3) is 0 Å². The van der Waals surface area contributed by atoms with Crippen LogP contribution in [0.15, 0.2) is 11.4 Å². The first-order valence-corrected chi connectivity index (χ1v) is 7.64. The first-order valence-electron chi connectivity index (χ1n) is 6.76. The average Bonchev–Trinajstić information content (AvgIpc) is 2.96. The molecule has 3 heteroatoms. The summed E-state index contributed by atoms with van der Waals surface area (Å²) in [6, 6.07) is 3.70. The van der Waals surface area contributed by atoms with Crippen molar-refractivity contribution in [3.63, 3.8) is 0 Å². The van der Waals surface area contributed by atoms with Crippen molar-refractivity contribution < 1.29 is 0 Å². The molecule has 2 N–H and O–H groups in total. The maximum atomic E-state index is 5.39. The van der Waals surface area contributed by atoms with Gasteiger partial charge in [-0.1, -0.05) is 18.8 Å². The Morgan fingerprint density at radius 2 is 2.33 bits per heavy atom. The van der Waals surface area contributed by atoms with Crippen LogP contribution in [0.25, 0.3) is 0 Å². The molecule has 1 saturated heterocycles. The summed E-state index contributed by atoms with van der Waals surface area (Å²) >= 11 is 1.82. The highest BCUT2D eigenvalue weighted by Gasteiger charge is 2.29. The van der Waals surface area contributed by atoms with E-state index in [0.29, 0.717) is 6.54 Å². The SMILES string of the molecule is CCC1CCC(C)N1Cc1cc(C#CCN)cs1. The molecule has 1 fully saturated rings. The number of hydrogen-bond acceptors (Lipinski definition) is 3. The van der Waals surface area contributed by atoms with Crippen LogP contribution in [0.4, 0.5) is 0 Å². The van der Waals surface area contributed by atoms with Crippen LogP contribution in [0.2, 0.25) is 0 Å². The summed E-state index contributed by atoms with van der Waals surface area (Å²) in [7, 11) is 0. The third-order valence-electron chi connectivity index (χ3n) is 3.75. The second-order valence-electron chi connectivity index (χ2n) is 4.97. The van der Waals surface area contributed by atoms with Gasteiger partial charge in [-0.15, -0.1) is 11.3 Å². The van der Waals surface area contributed by atoms with Crippen LogP contribution < -0.4 is 5.73 Å². The van der Waals surface area contributed by atoms with Crippen LogP contribution in [0.5, 0.6) is 0 Å². The van der Waals surface area contributed by atoms with Crippen LogP contribution in [0, 0.1) is 11.8 Å². The first-order chi connectivity index (χ1) is 8.74. The molecular formula is C15H22N2S. The van der Waals surface area contributed by atoms with Crippen molar-refractivity contribution in [1.82, 2.24) is 4.90 Å². The standard InChI is InChI=1S/C15H22N2S/c1-3-14-7-6-12(2)17(14)10-15-9-13(11-18-15)5-4-8-16/h9,11-12,14H,3,6-8,10,16H2,1-2H3. The predicted octanol–water partition coefficient (Wildman–Crippen LogP) is 2.82. The van der Waals surface area contributed by atoms with Gasteiger partial charge in [0.05, 0.1) is 6.54 Å². The van der Waals surface area contributed by atoms with Gasteiger partial charge < -0.3 is 5.73 Å². The smallest absolute Gasteiger partial charge is 0.0555 e. The third kappa shape index (κ3) is 3.14. The second kappa shape index (κ2) is 6.38. The van der Waals surface area contributed by atoms with Crippen LogP contribution in [0.1, 0.15) is 43.6 Å². The van der Waals surface area contributed by atoms with Gasteiger partial charge in [0.15, 0.2) is 0 Å². The Balaban J connectivity index is 2.02. The lowest BCUT2D eigenvalue weighted by Gasteiger charge is -2.26. The summed E-state index contributed by atoms with van der Waals surface area (Å²) in [5.74, 6) is 6.01. The van der Waals surface area contributed by atoms with E-state index in [1.165, 1.54) is 24.1 Å². The molecule has 0 radical (unpaired) electrons. The fourth-order valence-electron chi connectivity index (χ4n) is 2.71. The molecule has 2 atom stereocenters. The zero-order chi connectivity index (χ0) is 13.0. The Morgan fingerprint density at radius 3 is 3.06 bits per heavy atom. The van der Waals surface area contributed by atoms with Crippen molar-refractivity contribution in [3.05, 3.63) is 21.9 Å². The van der Waals surface area contributed by atoms with E-state index in [9.17, 15) is 0 Å². The van der Waals surface area contributed by atoms with E-state index in [1.807, 2.05) is 11.3 Å². The van der Waals surface area contributed by atoms with Crippen molar-refractivity contribution in [2.24, 2.45) is 5.73 Å². The minimum absolute atomic E-state index is 0.437. The zero-order valence-electron chi connectivity index (χ0n) is 11.3. The Labute approximate surface area is 114 Å². The van der Waals surface area contributed by atoms with Gasteiger partial charge in [-0.05, 0) is 32.3 Å². The van der Waals surface area contributed by atoms with E-state index in [1.54, 1.807) is 0 Å². The lowest BCUT2D eigenvalue weighted by molar-refractivity contribution is 0.191. The van der Waals surface area contributed by atoms with Gasteiger partial charge in [-0.3, -0.25) is 4.90 Å². The summed E-state index contributed by atoms with van der Waals surface area (Å²) in [6.45, 7) is 6.15. The molecule has 2 nitrogen and oxygen atoms in total. The van der Waals surface area contributed by atoms with Crippen LogP contribution in [-0.4, -0.2) is 23.5 Å². The van der Waals surface area contributed by atoms with Gasteiger partial charge >= 0.3 is 0 Å². The molecule has 2 heterocycles. The van der Waals surface area contributed by atoms with Crippen molar-refractivity contribution in [1.29, 1.82) is 0 Å². The van der Waals surface area contributed by atoms with E-state index >= 15 is 0 Å². The van der Waals surface area contributed by atoms with Crippen molar-refractivity contribution in [2.45, 2.75) is 51.7 Å². The molecule has 0 amide bonds. The van der Waals surface area contributed by atoms with Crippen molar-refractivity contribution >= 4 is 11.3 Å². The molecule has 2 unspecified atom stereocenters. The van der Waals surface area contributed by atoms with Gasteiger partial charge in [-0.2, -0.15) is 0 Å². The number of thiophene rings is 1. The molecule has 0 spiro atoms. The minimum Gasteiger partial charge on any atom is -0.320 e.